The average Bonchev–Trinajstić information content (AvgIpc) is 2.36. The number of amides is 2. The van der Waals surface area contributed by atoms with Crippen molar-refractivity contribution >= 4 is 11.7 Å². The van der Waals surface area contributed by atoms with Gasteiger partial charge in [-0.2, -0.15) is 0 Å². The number of benzene rings is 1. The third kappa shape index (κ3) is 5.65. The molecule has 3 N–H and O–H groups in total. The zero-order chi connectivity index (χ0) is 13.4. The Labute approximate surface area is 107 Å². The number of carbonyl (C=O) groups is 1. The Morgan fingerprint density at radius 3 is 2.67 bits per heavy atom. The van der Waals surface area contributed by atoms with Crippen molar-refractivity contribution in [3.05, 3.63) is 30.3 Å². The molecule has 0 aliphatic heterocycles. The number of rotatable bonds is 6. The van der Waals surface area contributed by atoms with E-state index in [0.717, 1.165) is 0 Å². The van der Waals surface area contributed by atoms with E-state index in [1.807, 2.05) is 18.2 Å². The molecule has 0 spiro atoms. The molecule has 2 amide bonds. The largest absolute Gasteiger partial charge is 0.388 e. The van der Waals surface area contributed by atoms with Crippen LogP contribution in [0.2, 0.25) is 0 Å². The lowest BCUT2D eigenvalue weighted by atomic mass is 10.0. The van der Waals surface area contributed by atoms with Crippen LogP contribution in [0.4, 0.5) is 10.5 Å². The number of methoxy groups -OCH3 is 1. The topological polar surface area (TPSA) is 70.6 Å². The fourth-order valence-corrected chi connectivity index (χ4v) is 1.38. The minimum absolute atomic E-state index is 0.176. The molecule has 0 fully saturated rings. The molecule has 5 nitrogen and oxygen atoms in total. The van der Waals surface area contributed by atoms with Crippen molar-refractivity contribution in [2.45, 2.75) is 18.9 Å². The van der Waals surface area contributed by atoms with Gasteiger partial charge in [0.2, 0.25) is 0 Å². The SMILES string of the molecule is COCC[C@](C)(O)CNC(=O)Nc1ccccc1. The highest BCUT2D eigenvalue weighted by Gasteiger charge is 2.20. The predicted molar refractivity (Wildman–Crippen MR) is 70.6 cm³/mol. The van der Waals surface area contributed by atoms with E-state index in [1.54, 1.807) is 26.2 Å². The second-order valence-electron chi connectivity index (χ2n) is 4.41. The highest BCUT2D eigenvalue weighted by Crippen LogP contribution is 2.08. The fourth-order valence-electron chi connectivity index (χ4n) is 1.38. The number of hydrogen-bond donors (Lipinski definition) is 3. The van der Waals surface area contributed by atoms with Gasteiger partial charge in [0.25, 0.3) is 0 Å². The van der Waals surface area contributed by atoms with Gasteiger partial charge in [-0.3, -0.25) is 0 Å². The van der Waals surface area contributed by atoms with Gasteiger partial charge in [-0.25, -0.2) is 4.79 Å². The summed E-state index contributed by atoms with van der Waals surface area (Å²) in [6.45, 7) is 2.29. The third-order valence-corrected chi connectivity index (χ3v) is 2.51. The Balaban J connectivity index is 2.33. The smallest absolute Gasteiger partial charge is 0.319 e. The summed E-state index contributed by atoms with van der Waals surface area (Å²) in [6, 6.07) is 8.80. The van der Waals surface area contributed by atoms with Crippen LogP contribution in [0.5, 0.6) is 0 Å². The van der Waals surface area contributed by atoms with Crippen molar-refractivity contribution in [3.63, 3.8) is 0 Å². The number of carbonyl (C=O) groups excluding carboxylic acids is 1. The van der Waals surface area contributed by atoms with Gasteiger partial charge in [0.15, 0.2) is 0 Å². The summed E-state index contributed by atoms with van der Waals surface area (Å²) in [7, 11) is 1.58. The van der Waals surface area contributed by atoms with E-state index in [0.29, 0.717) is 18.7 Å². The van der Waals surface area contributed by atoms with Gasteiger partial charge < -0.3 is 20.5 Å². The minimum Gasteiger partial charge on any atom is -0.388 e. The highest BCUT2D eigenvalue weighted by atomic mass is 16.5. The number of aliphatic hydroxyl groups is 1. The summed E-state index contributed by atoms with van der Waals surface area (Å²) in [5, 5.41) is 15.2. The number of anilines is 1. The molecule has 1 aromatic carbocycles. The van der Waals surface area contributed by atoms with Crippen molar-refractivity contribution < 1.29 is 14.6 Å². The van der Waals surface area contributed by atoms with Crippen LogP contribution >= 0.6 is 0 Å². The molecule has 0 heterocycles. The Hall–Kier alpha value is -1.59. The van der Waals surface area contributed by atoms with Gasteiger partial charge in [-0.05, 0) is 19.1 Å². The van der Waals surface area contributed by atoms with E-state index in [-0.39, 0.29) is 12.6 Å². The van der Waals surface area contributed by atoms with Crippen LogP contribution in [-0.4, -0.2) is 37.0 Å². The quantitative estimate of drug-likeness (QED) is 0.720. The fraction of sp³-hybridized carbons (Fsp3) is 0.462. The molecule has 1 rings (SSSR count). The van der Waals surface area contributed by atoms with Crippen LogP contribution in [0.3, 0.4) is 0 Å². The Bertz CT molecular complexity index is 366. The first kappa shape index (κ1) is 14.5. The molecule has 100 valence electrons. The van der Waals surface area contributed by atoms with Gasteiger partial charge in [0.1, 0.15) is 0 Å². The summed E-state index contributed by atoms with van der Waals surface area (Å²) < 4.78 is 4.89. The second kappa shape index (κ2) is 6.98. The zero-order valence-electron chi connectivity index (χ0n) is 10.8. The second-order valence-corrected chi connectivity index (χ2v) is 4.41. The van der Waals surface area contributed by atoms with Gasteiger partial charge in [-0.1, -0.05) is 18.2 Å². The molecule has 0 aliphatic carbocycles. The van der Waals surface area contributed by atoms with E-state index in [9.17, 15) is 9.90 Å². The van der Waals surface area contributed by atoms with Gasteiger partial charge >= 0.3 is 6.03 Å². The van der Waals surface area contributed by atoms with Crippen LogP contribution in [0.1, 0.15) is 13.3 Å². The summed E-state index contributed by atoms with van der Waals surface area (Å²) in [5.74, 6) is 0. The van der Waals surface area contributed by atoms with Crippen molar-refractivity contribution in [2.75, 3.05) is 25.6 Å². The highest BCUT2D eigenvalue weighted by molar-refractivity contribution is 5.89. The molecule has 0 unspecified atom stereocenters. The maximum absolute atomic E-state index is 11.6. The summed E-state index contributed by atoms with van der Waals surface area (Å²) in [5.41, 5.74) is -0.254. The lowest BCUT2D eigenvalue weighted by Gasteiger charge is -2.23. The Morgan fingerprint density at radius 1 is 1.39 bits per heavy atom. The number of hydrogen-bond acceptors (Lipinski definition) is 3. The van der Waals surface area contributed by atoms with Crippen LogP contribution in [0, 0.1) is 0 Å². The number of para-hydroxylation sites is 1. The van der Waals surface area contributed by atoms with Crippen molar-refractivity contribution in [2.24, 2.45) is 0 Å². The maximum atomic E-state index is 11.6. The molecular weight excluding hydrogens is 232 g/mol. The van der Waals surface area contributed by atoms with Gasteiger partial charge in [0, 0.05) is 32.4 Å². The van der Waals surface area contributed by atoms with Gasteiger partial charge in [-0.15, -0.1) is 0 Å². The lowest BCUT2D eigenvalue weighted by Crippen LogP contribution is -2.42. The van der Waals surface area contributed by atoms with Gasteiger partial charge in [0.05, 0.1) is 5.60 Å². The van der Waals surface area contributed by atoms with E-state index in [1.165, 1.54) is 0 Å². The summed E-state index contributed by atoms with van der Waals surface area (Å²) >= 11 is 0. The Morgan fingerprint density at radius 2 is 2.06 bits per heavy atom. The van der Waals surface area contributed by atoms with E-state index in [4.69, 9.17) is 4.74 Å². The molecule has 0 bridgehead atoms. The number of nitrogens with one attached hydrogen (secondary N) is 2. The standard InChI is InChI=1S/C13H20N2O3/c1-13(17,8-9-18-2)10-14-12(16)15-11-6-4-3-5-7-11/h3-7,17H,8-10H2,1-2H3,(H2,14,15,16)/t13-/m0/s1. The number of ether oxygens (including phenoxy) is 1. The molecule has 0 aliphatic rings. The van der Waals surface area contributed by atoms with E-state index < -0.39 is 5.60 Å². The van der Waals surface area contributed by atoms with E-state index >= 15 is 0 Å². The molecule has 0 saturated carbocycles. The molecule has 18 heavy (non-hydrogen) atoms. The van der Waals surface area contributed by atoms with Crippen molar-refractivity contribution in [1.82, 2.24) is 5.32 Å². The molecule has 0 saturated heterocycles. The average molecular weight is 252 g/mol. The molecule has 1 aromatic rings. The van der Waals surface area contributed by atoms with Crippen LogP contribution in [0.15, 0.2) is 30.3 Å². The lowest BCUT2D eigenvalue weighted by molar-refractivity contribution is 0.0273. The van der Waals surface area contributed by atoms with E-state index in [2.05, 4.69) is 10.6 Å². The third-order valence-electron chi connectivity index (χ3n) is 2.51. The molecule has 0 aromatic heterocycles. The molecule has 1 atom stereocenters. The summed E-state index contributed by atoms with van der Waals surface area (Å²) in [6.07, 6.45) is 0.467. The molecule has 5 heteroatoms. The van der Waals surface area contributed by atoms with Crippen LogP contribution in [-0.2, 0) is 4.74 Å². The predicted octanol–water partition coefficient (Wildman–Crippen LogP) is 1.60. The first-order valence-electron chi connectivity index (χ1n) is 5.85. The van der Waals surface area contributed by atoms with Crippen LogP contribution in [0.25, 0.3) is 0 Å². The van der Waals surface area contributed by atoms with Crippen LogP contribution < -0.4 is 10.6 Å². The maximum Gasteiger partial charge on any atom is 0.319 e. The first-order chi connectivity index (χ1) is 8.53. The first-order valence-corrected chi connectivity index (χ1v) is 5.85. The van der Waals surface area contributed by atoms with Crippen molar-refractivity contribution in [3.8, 4) is 0 Å². The zero-order valence-corrected chi connectivity index (χ0v) is 10.8. The normalized spacial score (nSPS) is 13.7. The minimum atomic E-state index is -0.968. The number of urea groups is 1. The van der Waals surface area contributed by atoms with Crippen molar-refractivity contribution in [1.29, 1.82) is 0 Å². The summed E-state index contributed by atoms with van der Waals surface area (Å²) in [4.78, 5) is 11.6. The monoisotopic (exact) mass is 252 g/mol. The Kier molecular flexibility index (Phi) is 5.61. The molecular formula is C13H20N2O3. The molecule has 0 radical (unpaired) electrons.